The maximum absolute atomic E-state index is 11.7. The van der Waals surface area contributed by atoms with E-state index in [-0.39, 0.29) is 5.69 Å². The third kappa shape index (κ3) is 1.83. The zero-order chi connectivity index (χ0) is 14.1. The van der Waals surface area contributed by atoms with Gasteiger partial charge in [-0.3, -0.25) is 14.2 Å². The lowest BCUT2D eigenvalue weighted by Crippen LogP contribution is -2.13. The van der Waals surface area contributed by atoms with E-state index < -0.39 is 11.8 Å². The van der Waals surface area contributed by atoms with Crippen LogP contribution in [-0.2, 0) is 4.79 Å². The number of hydrogen-bond donors (Lipinski definition) is 1. The van der Waals surface area contributed by atoms with E-state index in [1.807, 2.05) is 0 Å². The van der Waals surface area contributed by atoms with Gasteiger partial charge in [-0.25, -0.2) is 9.78 Å². The van der Waals surface area contributed by atoms with Crippen LogP contribution in [0.2, 0.25) is 0 Å². The van der Waals surface area contributed by atoms with E-state index in [0.29, 0.717) is 16.9 Å². The van der Waals surface area contributed by atoms with Gasteiger partial charge in [-0.15, -0.1) is 0 Å². The second-order valence-electron chi connectivity index (χ2n) is 4.12. The van der Waals surface area contributed by atoms with Crippen LogP contribution in [0.15, 0.2) is 48.9 Å². The highest BCUT2D eigenvalue weighted by molar-refractivity contribution is 6.40. The van der Waals surface area contributed by atoms with Crippen molar-refractivity contribution in [3.63, 3.8) is 0 Å². The molecule has 0 aromatic carbocycles. The first kappa shape index (κ1) is 12.0. The quantitative estimate of drug-likeness (QED) is 0.576. The Balaban J connectivity index is 2.30. The molecule has 0 aliphatic heterocycles. The van der Waals surface area contributed by atoms with Crippen LogP contribution in [0.25, 0.3) is 16.9 Å². The van der Waals surface area contributed by atoms with Crippen LogP contribution in [0.5, 0.6) is 0 Å². The number of imidazole rings is 1. The highest BCUT2D eigenvalue weighted by Gasteiger charge is 2.23. The fourth-order valence-corrected chi connectivity index (χ4v) is 2.00. The van der Waals surface area contributed by atoms with Gasteiger partial charge in [0.05, 0.1) is 5.52 Å². The van der Waals surface area contributed by atoms with Gasteiger partial charge in [-0.1, -0.05) is 6.07 Å². The summed E-state index contributed by atoms with van der Waals surface area (Å²) < 4.78 is 1.67. The summed E-state index contributed by atoms with van der Waals surface area (Å²) in [4.78, 5) is 30.8. The van der Waals surface area contributed by atoms with Gasteiger partial charge in [-0.05, 0) is 24.3 Å². The summed E-state index contributed by atoms with van der Waals surface area (Å²) in [5, 5.41) is 8.86. The zero-order valence-electron chi connectivity index (χ0n) is 10.2. The molecule has 0 spiro atoms. The molecule has 0 atom stereocenters. The summed E-state index contributed by atoms with van der Waals surface area (Å²) in [5.74, 6) is -2.06. The molecule has 0 aliphatic carbocycles. The number of carbonyl (C=O) groups is 2. The van der Waals surface area contributed by atoms with Crippen LogP contribution in [0.3, 0.4) is 0 Å². The van der Waals surface area contributed by atoms with Gasteiger partial charge >= 0.3 is 5.97 Å². The van der Waals surface area contributed by atoms with E-state index in [9.17, 15) is 9.59 Å². The first-order chi connectivity index (χ1) is 9.68. The van der Waals surface area contributed by atoms with E-state index in [1.165, 1.54) is 0 Å². The summed E-state index contributed by atoms with van der Waals surface area (Å²) in [7, 11) is 0. The van der Waals surface area contributed by atoms with Crippen molar-refractivity contribution in [2.75, 3.05) is 0 Å². The van der Waals surface area contributed by atoms with E-state index in [0.717, 1.165) is 0 Å². The van der Waals surface area contributed by atoms with Crippen molar-refractivity contribution >= 4 is 17.3 Å². The normalized spacial score (nSPS) is 10.6. The van der Waals surface area contributed by atoms with Gasteiger partial charge in [0.25, 0.3) is 5.78 Å². The van der Waals surface area contributed by atoms with Gasteiger partial charge in [0.2, 0.25) is 0 Å². The highest BCUT2D eigenvalue weighted by Crippen LogP contribution is 2.22. The molecule has 3 aromatic heterocycles. The number of rotatable bonds is 3. The predicted molar refractivity (Wildman–Crippen MR) is 70.4 cm³/mol. The molecule has 0 saturated heterocycles. The van der Waals surface area contributed by atoms with Gasteiger partial charge in [0.1, 0.15) is 11.5 Å². The summed E-state index contributed by atoms with van der Waals surface area (Å²) >= 11 is 0. The van der Waals surface area contributed by atoms with Gasteiger partial charge in [-0.2, -0.15) is 0 Å². The molecule has 1 N–H and O–H groups in total. The summed E-state index contributed by atoms with van der Waals surface area (Å²) in [6.07, 6.45) is 4.96. The Morgan fingerprint density at radius 1 is 1.15 bits per heavy atom. The third-order valence-electron chi connectivity index (χ3n) is 2.88. The number of nitrogens with zero attached hydrogens (tertiary/aromatic N) is 3. The SMILES string of the molecule is O=C(O)C(=O)c1nc(-c2cccnc2)n2ccccc12. The van der Waals surface area contributed by atoms with Crippen molar-refractivity contribution in [3.05, 3.63) is 54.6 Å². The number of aliphatic carboxylic acids is 1. The number of ketones is 1. The second kappa shape index (κ2) is 4.58. The maximum atomic E-state index is 11.7. The molecule has 3 aromatic rings. The van der Waals surface area contributed by atoms with Crippen LogP contribution < -0.4 is 0 Å². The minimum Gasteiger partial charge on any atom is -0.475 e. The second-order valence-corrected chi connectivity index (χ2v) is 4.12. The maximum Gasteiger partial charge on any atom is 0.379 e. The molecule has 20 heavy (non-hydrogen) atoms. The molecule has 3 heterocycles. The Kier molecular flexibility index (Phi) is 2.76. The standard InChI is InChI=1S/C14H9N3O3/c18-12(14(19)20)11-10-5-1-2-7-17(10)13(16-11)9-4-3-6-15-8-9/h1-8H,(H,19,20). The molecule has 0 aliphatic rings. The minimum absolute atomic E-state index is 0.0723. The molecule has 3 rings (SSSR count). The molecule has 98 valence electrons. The fraction of sp³-hybridized carbons (Fsp3) is 0. The van der Waals surface area contributed by atoms with Crippen molar-refractivity contribution < 1.29 is 14.7 Å². The van der Waals surface area contributed by atoms with Crippen LogP contribution >= 0.6 is 0 Å². The lowest BCUT2D eigenvalue weighted by molar-refractivity contribution is -0.131. The van der Waals surface area contributed by atoms with Crippen LogP contribution in [-0.4, -0.2) is 31.2 Å². The summed E-state index contributed by atoms with van der Waals surface area (Å²) in [5.41, 5.74) is 1.09. The van der Waals surface area contributed by atoms with Crippen molar-refractivity contribution in [3.8, 4) is 11.4 Å². The minimum atomic E-state index is -1.52. The molecule has 0 fully saturated rings. The Hall–Kier alpha value is -3.02. The summed E-state index contributed by atoms with van der Waals surface area (Å²) in [6.45, 7) is 0. The van der Waals surface area contributed by atoms with Crippen LogP contribution in [0.1, 0.15) is 10.5 Å². The van der Waals surface area contributed by atoms with Crippen molar-refractivity contribution in [1.29, 1.82) is 0 Å². The monoisotopic (exact) mass is 267 g/mol. The average molecular weight is 267 g/mol. The Bertz CT molecular complexity index is 809. The Morgan fingerprint density at radius 3 is 2.70 bits per heavy atom. The largest absolute Gasteiger partial charge is 0.475 e. The van der Waals surface area contributed by atoms with E-state index in [4.69, 9.17) is 5.11 Å². The number of pyridine rings is 2. The van der Waals surface area contributed by atoms with Crippen molar-refractivity contribution in [2.24, 2.45) is 0 Å². The van der Waals surface area contributed by atoms with Gasteiger partial charge in [0, 0.05) is 24.2 Å². The average Bonchev–Trinajstić information content (AvgIpc) is 2.87. The number of aromatic nitrogens is 3. The fourth-order valence-electron chi connectivity index (χ4n) is 2.00. The number of carboxylic acid groups (broad SMARTS) is 1. The van der Waals surface area contributed by atoms with E-state index >= 15 is 0 Å². The van der Waals surface area contributed by atoms with Crippen molar-refractivity contribution in [1.82, 2.24) is 14.4 Å². The van der Waals surface area contributed by atoms with Gasteiger partial charge < -0.3 is 5.11 Å². The number of Topliss-reactive ketones (excluding diaryl/α,β-unsaturated/α-hetero) is 1. The summed E-state index contributed by atoms with van der Waals surface area (Å²) in [6, 6.07) is 8.71. The third-order valence-corrected chi connectivity index (χ3v) is 2.88. The highest BCUT2D eigenvalue weighted by atomic mass is 16.4. The lowest BCUT2D eigenvalue weighted by Gasteiger charge is -1.99. The number of hydrogen-bond acceptors (Lipinski definition) is 4. The molecule has 6 nitrogen and oxygen atoms in total. The van der Waals surface area contributed by atoms with Gasteiger partial charge in [0.15, 0.2) is 0 Å². The first-order valence-electron chi connectivity index (χ1n) is 5.83. The first-order valence-corrected chi connectivity index (χ1v) is 5.83. The molecular weight excluding hydrogens is 258 g/mol. The smallest absolute Gasteiger partial charge is 0.379 e. The topological polar surface area (TPSA) is 84.6 Å². The lowest BCUT2D eigenvalue weighted by atomic mass is 10.2. The zero-order valence-corrected chi connectivity index (χ0v) is 10.2. The van der Waals surface area contributed by atoms with E-state index in [1.54, 1.807) is 53.3 Å². The Morgan fingerprint density at radius 2 is 2.00 bits per heavy atom. The number of carbonyl (C=O) groups excluding carboxylic acids is 1. The Labute approximate surface area is 113 Å². The number of carboxylic acids is 1. The predicted octanol–water partition coefficient (Wildman–Crippen LogP) is 1.66. The van der Waals surface area contributed by atoms with Crippen LogP contribution in [0.4, 0.5) is 0 Å². The molecule has 0 bridgehead atoms. The molecule has 0 saturated carbocycles. The van der Waals surface area contributed by atoms with Crippen molar-refractivity contribution in [2.45, 2.75) is 0 Å². The molecule has 0 amide bonds. The molecule has 0 unspecified atom stereocenters. The molecule has 0 radical (unpaired) electrons. The van der Waals surface area contributed by atoms with Crippen LogP contribution in [0, 0.1) is 0 Å². The van der Waals surface area contributed by atoms with E-state index in [2.05, 4.69) is 9.97 Å². The number of fused-ring (bicyclic) bond motifs is 1. The molecule has 6 heteroatoms. The molecular formula is C14H9N3O3.